The summed E-state index contributed by atoms with van der Waals surface area (Å²) >= 11 is 18.4. The predicted octanol–water partition coefficient (Wildman–Crippen LogP) is 15.6. The molecule has 0 radical (unpaired) electrons. The Morgan fingerprint density at radius 2 is 1.01 bits per heavy atom. The first kappa shape index (κ1) is 74.0. The molecule has 10 aromatic rings. The highest BCUT2D eigenvalue weighted by Crippen LogP contribution is 2.29. The second-order valence-electron chi connectivity index (χ2n) is 26.1. The zero-order valence-electron chi connectivity index (χ0n) is 58.2. The number of aromatic nitrogens is 7. The number of nitrogens with zero attached hydrogens (tertiary/aromatic N) is 10. The lowest BCUT2D eigenvalue weighted by molar-refractivity contribution is 0.0689. The van der Waals surface area contributed by atoms with Gasteiger partial charge in [-0.05, 0) is 191 Å². The van der Waals surface area contributed by atoms with Crippen molar-refractivity contribution in [2.45, 2.75) is 130 Å². The highest BCUT2D eigenvalue weighted by molar-refractivity contribution is 6.33. The van der Waals surface area contributed by atoms with Crippen molar-refractivity contribution in [3.8, 4) is 45.3 Å². The fourth-order valence-electron chi connectivity index (χ4n) is 12.4. The summed E-state index contributed by atoms with van der Waals surface area (Å²) in [5.41, 5.74) is 21.0. The van der Waals surface area contributed by atoms with E-state index in [0.29, 0.717) is 50.7 Å². The van der Waals surface area contributed by atoms with Crippen LogP contribution in [0, 0.1) is 6.92 Å². The topological polar surface area (TPSA) is 197 Å². The molecule has 19 heteroatoms. The number of carbonyl (C=O) groups is 1. The molecule has 2 saturated heterocycles. The summed E-state index contributed by atoms with van der Waals surface area (Å²) in [6.07, 6.45) is 15.1. The summed E-state index contributed by atoms with van der Waals surface area (Å²) < 4.78 is 5.23. The molecule has 1 amide bonds. The van der Waals surface area contributed by atoms with Gasteiger partial charge >= 0.3 is 0 Å². The number of ether oxygens (including phenoxy) is 1. The molecule has 0 aliphatic carbocycles. The average Bonchev–Trinajstić information content (AvgIpc) is 0.843. The largest absolute Gasteiger partial charge is 0.506 e. The highest BCUT2D eigenvalue weighted by Gasteiger charge is 2.23. The number of nitrogens with two attached hydrogens (primary N) is 1. The van der Waals surface area contributed by atoms with E-state index in [0.717, 1.165) is 178 Å². The summed E-state index contributed by atoms with van der Waals surface area (Å²) in [6.45, 7) is 19.3. The maximum atomic E-state index is 13.3. The minimum Gasteiger partial charge on any atom is -0.506 e. The number of benzene rings is 6. The molecule has 5 N–H and O–H groups in total. The number of phenolic OH excluding ortho intramolecular Hbond substituents is 1. The standard InChI is InChI=1S/C30H31ClN4O2.C26H31ClN4O.C25H30ClN5/c1-20(2)35(30(37)25-10-6-15-32-21(25)3)19-23-8-4-9-24(17-23)27-14-16-33-29(34-27)11-5-7-22-12-13-28(36)26(31)18-22;1-19-17-28-13-14-31(19)18-21-6-3-7-22(15-21)24-11-12-29-26(30-24)8-4-5-20-9-10-25(32-2)23(27)16-20;1-18-16-28-12-13-31(18)17-20-5-2-6-21(14-20)24-10-11-29-25(30-24)7-3-4-19-8-9-23(27)22(26)15-19/h4,6,8-10,12-18,20,36H,5,7,11,19H2,1-3H3;3,6-7,9-12,15-16,19,28H,4-5,8,13-14,17-18H2,1-2H3;2,5-6,8-11,14-15,18,28H,3-4,7,12-13,16-17,27H2,1H3/t;19-;18-/m.00/s1. The van der Waals surface area contributed by atoms with Gasteiger partial charge in [0.1, 0.15) is 29.0 Å². The van der Waals surface area contributed by atoms with Crippen molar-refractivity contribution < 1.29 is 14.6 Å². The Labute approximate surface area is 604 Å². The van der Waals surface area contributed by atoms with Crippen molar-refractivity contribution in [1.29, 1.82) is 0 Å². The number of halogens is 3. The maximum absolute atomic E-state index is 13.3. The van der Waals surface area contributed by atoms with E-state index in [9.17, 15) is 9.90 Å². The number of hydrogen-bond acceptors (Lipinski definition) is 15. The van der Waals surface area contributed by atoms with Crippen LogP contribution in [0.1, 0.15) is 114 Å². The molecule has 0 bridgehead atoms. The van der Waals surface area contributed by atoms with Crippen LogP contribution in [0.5, 0.6) is 11.5 Å². The SMILES string of the molecule is COc1ccc(CCCc2nccc(-c3cccc(CN4CCNC[C@@H]4C)c3)n2)cc1Cl.C[C@H]1CNCCN1Cc1cccc(-c2ccnc(CCCc3ccc(N)c(Cl)c3)n2)c1.Cc1ncccc1C(=O)N(Cc1cccc(-c2ccnc(CCCc3ccc(O)c(Cl)c3)n2)c1)C(C)C. The third-order valence-corrected chi connectivity index (χ3v) is 19.1. The molecule has 12 rings (SSSR count). The Kier molecular flexibility index (Phi) is 27.5. The van der Waals surface area contributed by atoms with Gasteiger partial charge in [0.25, 0.3) is 5.91 Å². The zero-order chi connectivity index (χ0) is 70.3. The van der Waals surface area contributed by atoms with Gasteiger partial charge in [0.2, 0.25) is 0 Å². The molecule has 100 heavy (non-hydrogen) atoms. The number of methoxy groups -OCH3 is 1. The van der Waals surface area contributed by atoms with E-state index < -0.39 is 0 Å². The molecule has 4 aromatic heterocycles. The molecule has 520 valence electrons. The van der Waals surface area contributed by atoms with Gasteiger partial charge in [-0.15, -0.1) is 0 Å². The monoisotopic (exact) mass is 1400 g/mol. The normalized spacial score (nSPS) is 14.7. The Bertz CT molecular complexity index is 4310. The summed E-state index contributed by atoms with van der Waals surface area (Å²) in [6, 6.07) is 53.4. The fraction of sp³-hybridized carbons (Fsp3) is 0.333. The lowest BCUT2D eigenvalue weighted by Gasteiger charge is -2.33. The van der Waals surface area contributed by atoms with Crippen molar-refractivity contribution in [1.82, 2.24) is 60.2 Å². The number of nitrogen functional groups attached to an aromatic ring is 1. The van der Waals surface area contributed by atoms with Gasteiger partial charge in [-0.3, -0.25) is 19.6 Å². The molecule has 0 spiro atoms. The summed E-state index contributed by atoms with van der Waals surface area (Å²) in [5, 5.41) is 18.1. The minimum atomic E-state index is -0.0229. The number of hydrogen-bond donors (Lipinski definition) is 4. The van der Waals surface area contributed by atoms with Gasteiger partial charge in [-0.1, -0.05) is 108 Å². The quantitative estimate of drug-likeness (QED) is 0.0417. The lowest BCUT2D eigenvalue weighted by Crippen LogP contribution is -2.49. The second kappa shape index (κ2) is 37.1. The lowest BCUT2D eigenvalue weighted by atomic mass is 10.1. The number of rotatable bonds is 24. The Hall–Kier alpha value is -8.71. The van der Waals surface area contributed by atoms with Crippen molar-refractivity contribution >= 4 is 46.4 Å². The van der Waals surface area contributed by atoms with E-state index in [1.807, 2.05) is 117 Å². The number of anilines is 1. The Balaban J connectivity index is 0.000000163. The number of pyridine rings is 1. The molecule has 6 aromatic carbocycles. The molecule has 0 unspecified atom stereocenters. The molecule has 16 nitrogen and oxygen atoms in total. The molecule has 2 fully saturated rings. The molecule has 0 saturated carbocycles. The number of piperazine rings is 2. The van der Waals surface area contributed by atoms with Gasteiger partial charge in [-0.25, -0.2) is 29.9 Å². The van der Waals surface area contributed by atoms with Crippen molar-refractivity contribution in [2.24, 2.45) is 0 Å². The first-order chi connectivity index (χ1) is 48.5. The number of amides is 1. The number of aryl methyl sites for hydroxylation is 7. The number of carbonyl (C=O) groups excluding carboxylic acids is 1. The van der Waals surface area contributed by atoms with E-state index in [2.05, 4.69) is 115 Å². The first-order valence-electron chi connectivity index (χ1n) is 34.7. The van der Waals surface area contributed by atoms with Crippen LogP contribution in [-0.4, -0.2) is 125 Å². The van der Waals surface area contributed by atoms with Crippen molar-refractivity contribution in [2.75, 3.05) is 52.1 Å². The summed E-state index contributed by atoms with van der Waals surface area (Å²) in [5.74, 6) is 3.31. The van der Waals surface area contributed by atoms with Crippen LogP contribution in [0.15, 0.2) is 183 Å². The number of aromatic hydroxyl groups is 1. The predicted molar refractivity (Wildman–Crippen MR) is 405 cm³/mol. The molecule has 2 aliphatic rings. The molecule has 2 aliphatic heterocycles. The molecule has 6 heterocycles. The van der Waals surface area contributed by atoms with E-state index in [4.69, 9.17) is 60.2 Å². The van der Waals surface area contributed by atoms with Crippen LogP contribution in [0.2, 0.25) is 15.1 Å². The van der Waals surface area contributed by atoms with E-state index >= 15 is 0 Å². The van der Waals surface area contributed by atoms with Gasteiger partial charge in [0.15, 0.2) is 0 Å². The third kappa shape index (κ3) is 21.7. The number of phenols is 1. The van der Waals surface area contributed by atoms with Crippen LogP contribution < -0.4 is 21.1 Å². The van der Waals surface area contributed by atoms with E-state index in [1.165, 1.54) is 22.3 Å². The van der Waals surface area contributed by atoms with E-state index in [1.54, 1.807) is 37.7 Å². The van der Waals surface area contributed by atoms with Crippen LogP contribution in [0.3, 0.4) is 0 Å². The van der Waals surface area contributed by atoms with Crippen LogP contribution in [-0.2, 0) is 58.2 Å². The molecular formula is C81H92Cl3N13O3. The van der Waals surface area contributed by atoms with Gasteiger partial charge in [0.05, 0.1) is 50.5 Å². The fourth-order valence-corrected chi connectivity index (χ4v) is 13.1. The number of nitrogens with one attached hydrogen (secondary N) is 2. The van der Waals surface area contributed by atoms with Crippen LogP contribution >= 0.6 is 34.8 Å². The van der Waals surface area contributed by atoms with Crippen LogP contribution in [0.4, 0.5) is 5.69 Å². The summed E-state index contributed by atoms with van der Waals surface area (Å²) in [4.78, 5) is 52.4. The van der Waals surface area contributed by atoms with Gasteiger partial charge in [0, 0.05) is 143 Å². The zero-order valence-corrected chi connectivity index (χ0v) is 60.5. The van der Waals surface area contributed by atoms with Crippen molar-refractivity contribution in [3.63, 3.8) is 0 Å². The van der Waals surface area contributed by atoms with Gasteiger partial charge in [-0.2, -0.15) is 0 Å². The van der Waals surface area contributed by atoms with Gasteiger partial charge < -0.3 is 31.1 Å². The molecule has 2 atom stereocenters. The van der Waals surface area contributed by atoms with Crippen molar-refractivity contribution in [3.05, 3.63) is 260 Å². The Morgan fingerprint density at radius 1 is 0.550 bits per heavy atom. The summed E-state index contributed by atoms with van der Waals surface area (Å²) in [7, 11) is 1.63. The Morgan fingerprint density at radius 3 is 1.46 bits per heavy atom. The maximum Gasteiger partial charge on any atom is 0.256 e. The average molecular weight is 1400 g/mol. The first-order valence-corrected chi connectivity index (χ1v) is 35.8. The third-order valence-electron chi connectivity index (χ3n) is 18.2. The second-order valence-corrected chi connectivity index (χ2v) is 27.3. The highest BCUT2D eigenvalue weighted by atomic mass is 35.5. The minimum absolute atomic E-state index is 0.0229. The molecular weight excluding hydrogens is 1310 g/mol. The smallest absolute Gasteiger partial charge is 0.256 e. The van der Waals surface area contributed by atoms with E-state index in [-0.39, 0.29) is 17.7 Å². The van der Waals surface area contributed by atoms with Crippen LogP contribution in [0.25, 0.3) is 33.8 Å².